The van der Waals surface area contributed by atoms with E-state index in [0.29, 0.717) is 0 Å². The van der Waals surface area contributed by atoms with E-state index < -0.39 is 86.3 Å². The molecular formula is C18H19N3Na3O12P. The maximum absolute atomic E-state index is 12.3. The molecule has 15 nitrogen and oxygen atoms in total. The fraction of sp³-hybridized carbons (Fsp3) is 0.556. The first-order chi connectivity index (χ1) is 15.9. The van der Waals surface area contributed by atoms with Crippen molar-refractivity contribution < 1.29 is 147 Å². The van der Waals surface area contributed by atoms with Gasteiger partial charge in [-0.3, -0.25) is 14.5 Å². The molecule has 4 rings (SSSR count). The third-order valence-electron chi connectivity index (χ3n) is 6.39. The molecule has 2 fully saturated rings. The Morgan fingerprint density at radius 2 is 1.84 bits per heavy atom. The number of phosphoric acid groups is 1. The van der Waals surface area contributed by atoms with Gasteiger partial charge in [-0.15, -0.1) is 0 Å². The number of fused-ring (bicyclic) bond motifs is 1. The summed E-state index contributed by atoms with van der Waals surface area (Å²) in [6.07, 6.45) is -3.61. The number of nitrogens with zero attached hydrogens (tertiary/aromatic N) is 2. The van der Waals surface area contributed by atoms with Crippen molar-refractivity contribution in [1.29, 1.82) is 5.41 Å². The number of carbonyl (C=O) groups is 2. The van der Waals surface area contributed by atoms with Gasteiger partial charge < -0.3 is 49.3 Å². The quantitative estimate of drug-likeness (QED) is 0.159. The zero-order chi connectivity index (χ0) is 25.0. The van der Waals surface area contributed by atoms with Crippen LogP contribution in [0.4, 0.5) is 0 Å². The molecule has 0 radical (unpaired) electrons. The van der Waals surface area contributed by atoms with Crippen molar-refractivity contribution in [3.05, 3.63) is 29.4 Å². The number of aliphatic hydroxyl groups is 2. The van der Waals surface area contributed by atoms with Gasteiger partial charge in [-0.1, -0.05) is 6.08 Å². The fourth-order valence-electron chi connectivity index (χ4n) is 4.70. The summed E-state index contributed by atoms with van der Waals surface area (Å²) in [7, 11) is -4.83. The summed E-state index contributed by atoms with van der Waals surface area (Å²) in [6, 6.07) is 0.222. The van der Waals surface area contributed by atoms with Crippen LogP contribution in [0.5, 0.6) is 6.01 Å². The monoisotopic (exact) mass is 569 g/mol. The number of rotatable bonds is 9. The fourth-order valence-corrected chi connectivity index (χ4v) is 5.46. The van der Waals surface area contributed by atoms with Gasteiger partial charge in [0.15, 0.2) is 6.23 Å². The summed E-state index contributed by atoms with van der Waals surface area (Å²) >= 11 is 0. The first kappa shape index (κ1) is 35.4. The molecule has 0 bridgehead atoms. The van der Waals surface area contributed by atoms with E-state index in [-0.39, 0.29) is 101 Å². The molecule has 1 aliphatic heterocycles. The Morgan fingerprint density at radius 3 is 2.41 bits per heavy atom. The number of carboxylic acids is 2. The SMILES string of the molecule is N=c1ccn([C@@H]2O[C@H](COP(=O)(O)OC[C@@H]3[C@@H]4CC=C(C(=O)[O-])[C@]34C(=O)[O-])[C@@H](O)[C@H]2O)c([O-])n1.[Na+].[Na+].[Na+]. The number of hydrogen-bond acceptors (Lipinski definition) is 13. The average molecular weight is 569 g/mol. The van der Waals surface area contributed by atoms with Crippen molar-refractivity contribution in [2.45, 2.75) is 31.0 Å². The second kappa shape index (κ2) is 13.3. The topological polar surface area (TPSA) is 250 Å². The summed E-state index contributed by atoms with van der Waals surface area (Å²) < 4.78 is 28.1. The number of aromatic nitrogens is 2. The maximum atomic E-state index is 12.3. The molecule has 0 spiro atoms. The van der Waals surface area contributed by atoms with Gasteiger partial charge in [0, 0.05) is 17.5 Å². The Bertz CT molecular complexity index is 1170. The second-order valence-corrected chi connectivity index (χ2v) is 9.57. The van der Waals surface area contributed by atoms with Gasteiger partial charge in [0.1, 0.15) is 23.8 Å². The first-order valence-electron chi connectivity index (χ1n) is 9.98. The number of aliphatic carboxylic acids is 2. The number of carboxylic acid groups (broad SMARTS) is 2. The molecule has 19 heteroatoms. The third kappa shape index (κ3) is 6.64. The molecule has 0 amide bonds. The zero-order valence-corrected chi connectivity index (χ0v) is 27.1. The summed E-state index contributed by atoms with van der Waals surface area (Å²) in [5.74, 6) is -4.97. The van der Waals surface area contributed by atoms with Crippen molar-refractivity contribution in [2.75, 3.05) is 13.2 Å². The summed E-state index contributed by atoms with van der Waals surface area (Å²) in [4.78, 5) is 36.1. The van der Waals surface area contributed by atoms with E-state index in [2.05, 4.69) is 4.98 Å². The minimum absolute atomic E-state index is 0. The zero-order valence-electron chi connectivity index (χ0n) is 20.2. The number of carbonyl (C=O) groups excluding carboxylic acids is 2. The molecule has 1 aromatic rings. The molecule has 1 saturated carbocycles. The molecule has 1 aromatic heterocycles. The molecule has 186 valence electrons. The Balaban J connectivity index is 0.00000228. The average Bonchev–Trinajstić information content (AvgIpc) is 3.05. The molecule has 2 heterocycles. The Hall–Kier alpha value is 0.350. The van der Waals surface area contributed by atoms with E-state index in [4.69, 9.17) is 19.2 Å². The minimum atomic E-state index is -4.83. The van der Waals surface area contributed by atoms with Crippen LogP contribution in [0.1, 0.15) is 12.6 Å². The van der Waals surface area contributed by atoms with Crippen LogP contribution in [0, 0.1) is 22.7 Å². The van der Waals surface area contributed by atoms with Crippen LogP contribution in [0.3, 0.4) is 0 Å². The number of allylic oxidation sites excluding steroid dienone is 1. The van der Waals surface area contributed by atoms with E-state index in [9.17, 15) is 44.6 Å². The molecule has 37 heavy (non-hydrogen) atoms. The Labute approximate surface area is 275 Å². The second-order valence-electron chi connectivity index (χ2n) is 8.12. The van der Waals surface area contributed by atoms with Gasteiger partial charge in [0.25, 0.3) is 0 Å². The van der Waals surface area contributed by atoms with Crippen molar-refractivity contribution in [3.63, 3.8) is 0 Å². The smallest absolute Gasteiger partial charge is 0.846 e. The van der Waals surface area contributed by atoms with E-state index in [1.54, 1.807) is 0 Å². The van der Waals surface area contributed by atoms with Gasteiger partial charge in [-0.2, -0.15) is 0 Å². The minimum Gasteiger partial charge on any atom is -0.846 e. The maximum Gasteiger partial charge on any atom is 1.00 e. The van der Waals surface area contributed by atoms with E-state index in [0.717, 1.165) is 16.8 Å². The normalized spacial score (nSPS) is 33.0. The van der Waals surface area contributed by atoms with Crippen molar-refractivity contribution >= 4 is 19.8 Å². The van der Waals surface area contributed by atoms with Gasteiger partial charge in [0.05, 0.1) is 31.2 Å². The van der Waals surface area contributed by atoms with Crippen LogP contribution < -0.4 is 109 Å². The van der Waals surface area contributed by atoms with Gasteiger partial charge in [-0.25, -0.2) is 9.55 Å². The number of nitrogens with one attached hydrogen (secondary N) is 1. The van der Waals surface area contributed by atoms with E-state index >= 15 is 0 Å². The third-order valence-corrected chi connectivity index (χ3v) is 7.34. The molecule has 1 saturated heterocycles. The molecule has 4 N–H and O–H groups in total. The van der Waals surface area contributed by atoms with Gasteiger partial charge >= 0.3 is 96.5 Å². The van der Waals surface area contributed by atoms with Crippen LogP contribution in [0.15, 0.2) is 23.9 Å². The van der Waals surface area contributed by atoms with Crippen LogP contribution >= 0.6 is 7.82 Å². The number of phosphoric ester groups is 1. The predicted molar refractivity (Wildman–Crippen MR) is 97.3 cm³/mol. The first-order valence-corrected chi connectivity index (χ1v) is 11.5. The van der Waals surface area contributed by atoms with Gasteiger partial charge in [-0.05, 0) is 24.0 Å². The molecule has 8 atom stereocenters. The Morgan fingerprint density at radius 1 is 1.22 bits per heavy atom. The van der Waals surface area contributed by atoms with E-state index in [1.165, 1.54) is 6.08 Å². The van der Waals surface area contributed by atoms with Crippen LogP contribution in [-0.2, 0) is 27.9 Å². The molecule has 3 aliphatic rings. The largest absolute Gasteiger partial charge is 1.00 e. The van der Waals surface area contributed by atoms with E-state index in [1.807, 2.05) is 0 Å². The van der Waals surface area contributed by atoms with Gasteiger partial charge in [0.2, 0.25) is 0 Å². The summed E-state index contributed by atoms with van der Waals surface area (Å²) in [6.45, 7) is -1.39. The molecule has 2 aliphatic carbocycles. The van der Waals surface area contributed by atoms with Crippen LogP contribution in [0.2, 0.25) is 0 Å². The molecule has 0 aromatic carbocycles. The van der Waals surface area contributed by atoms with Crippen LogP contribution in [-0.4, -0.2) is 68.1 Å². The Kier molecular flexibility index (Phi) is 12.8. The predicted octanol–water partition coefficient (Wildman–Crippen LogP) is -13.7. The van der Waals surface area contributed by atoms with Crippen LogP contribution in [0.25, 0.3) is 0 Å². The summed E-state index contributed by atoms with van der Waals surface area (Å²) in [5, 5.41) is 62.4. The van der Waals surface area contributed by atoms with Crippen molar-refractivity contribution in [2.24, 2.45) is 17.3 Å². The molecule has 1 unspecified atom stereocenters. The number of hydrogen-bond donors (Lipinski definition) is 4. The summed E-state index contributed by atoms with van der Waals surface area (Å²) in [5.41, 5.74) is -2.66. The standard InChI is InChI=1S/C18H22N3O12P.3Na/c19-11-3-4-21(17(28)20-11)14-13(23)12(22)10(33-14)6-32-34(29,30)31-5-9-7-1-2-8(15(24)25)18(7,9)16(26)27;;;/h2-4,7,9-10,12-14,22-23H,1,5-6H2,(H,24,25)(H,26,27)(H,29,30)(H2,19,20,28);;;/q;3*+1/p-3/t7-,9+,10+,12+,13+,14+,18-;;;/m0.../s1. The van der Waals surface area contributed by atoms with Crippen molar-refractivity contribution in [1.82, 2.24) is 9.55 Å². The number of aliphatic hydroxyl groups excluding tert-OH is 2. The van der Waals surface area contributed by atoms with Crippen molar-refractivity contribution in [3.8, 4) is 6.01 Å². The number of ether oxygens (including phenoxy) is 1. The molecular weight excluding hydrogens is 550 g/mol.